The molecule has 0 unspecified atom stereocenters. The molecule has 0 atom stereocenters. The van der Waals surface area contributed by atoms with E-state index in [0.717, 1.165) is 16.6 Å². The van der Waals surface area contributed by atoms with Crippen molar-refractivity contribution in [3.8, 4) is 0 Å². The van der Waals surface area contributed by atoms with Gasteiger partial charge in [0.2, 0.25) is 5.91 Å². The molecular formula is C15H17N3O. The van der Waals surface area contributed by atoms with Crippen LogP contribution in [0.15, 0.2) is 49.2 Å². The second kappa shape index (κ2) is 6.66. The Bertz CT molecular complexity index is 575. The molecule has 4 heteroatoms. The average molecular weight is 255 g/mol. The lowest BCUT2D eigenvalue weighted by molar-refractivity contribution is -0.116. The Morgan fingerprint density at radius 2 is 2.16 bits per heavy atom. The van der Waals surface area contributed by atoms with E-state index in [0.29, 0.717) is 19.5 Å². The molecule has 19 heavy (non-hydrogen) atoms. The van der Waals surface area contributed by atoms with E-state index in [2.05, 4.69) is 22.2 Å². The number of anilines is 1. The first-order chi connectivity index (χ1) is 9.31. The van der Waals surface area contributed by atoms with Gasteiger partial charge in [-0.15, -0.1) is 6.58 Å². The van der Waals surface area contributed by atoms with Crippen molar-refractivity contribution in [1.82, 2.24) is 10.3 Å². The number of pyridine rings is 1. The average Bonchev–Trinajstić information content (AvgIpc) is 2.44. The van der Waals surface area contributed by atoms with E-state index in [1.54, 1.807) is 12.3 Å². The number of para-hydroxylation sites is 1. The predicted molar refractivity (Wildman–Crippen MR) is 78.1 cm³/mol. The SMILES string of the molecule is C=CCNCCC(=O)Nc1cccc2cccnc12. The van der Waals surface area contributed by atoms with Crippen LogP contribution < -0.4 is 10.6 Å². The van der Waals surface area contributed by atoms with Gasteiger partial charge in [0, 0.05) is 31.1 Å². The number of fused-ring (bicyclic) bond motifs is 1. The molecule has 2 rings (SSSR count). The van der Waals surface area contributed by atoms with Crippen molar-refractivity contribution in [3.63, 3.8) is 0 Å². The van der Waals surface area contributed by atoms with E-state index in [1.807, 2.05) is 30.3 Å². The number of nitrogens with zero attached hydrogens (tertiary/aromatic N) is 1. The molecular weight excluding hydrogens is 238 g/mol. The fourth-order valence-corrected chi connectivity index (χ4v) is 1.82. The minimum absolute atomic E-state index is 0.0188. The molecule has 2 aromatic rings. The summed E-state index contributed by atoms with van der Waals surface area (Å²) in [6.07, 6.45) is 3.92. The van der Waals surface area contributed by atoms with E-state index < -0.39 is 0 Å². The normalized spacial score (nSPS) is 10.3. The molecule has 98 valence electrons. The predicted octanol–water partition coefficient (Wildman–Crippen LogP) is 2.34. The maximum atomic E-state index is 11.8. The van der Waals surface area contributed by atoms with Crippen molar-refractivity contribution in [3.05, 3.63) is 49.2 Å². The molecule has 0 spiro atoms. The smallest absolute Gasteiger partial charge is 0.225 e. The van der Waals surface area contributed by atoms with Gasteiger partial charge in [-0.3, -0.25) is 9.78 Å². The van der Waals surface area contributed by atoms with Crippen LogP contribution in [-0.2, 0) is 4.79 Å². The summed E-state index contributed by atoms with van der Waals surface area (Å²) in [6.45, 7) is 4.95. The summed E-state index contributed by atoms with van der Waals surface area (Å²) in [6, 6.07) is 9.61. The fraction of sp³-hybridized carbons (Fsp3) is 0.200. The molecule has 1 aromatic carbocycles. The summed E-state index contributed by atoms with van der Waals surface area (Å²) in [7, 11) is 0. The molecule has 0 aliphatic carbocycles. The summed E-state index contributed by atoms with van der Waals surface area (Å²) >= 11 is 0. The molecule has 0 radical (unpaired) electrons. The summed E-state index contributed by atoms with van der Waals surface area (Å²) in [5.74, 6) is -0.0188. The van der Waals surface area contributed by atoms with Crippen molar-refractivity contribution in [2.24, 2.45) is 0 Å². The quantitative estimate of drug-likeness (QED) is 0.615. The first-order valence-corrected chi connectivity index (χ1v) is 6.26. The van der Waals surface area contributed by atoms with E-state index in [1.165, 1.54) is 0 Å². The Labute approximate surface area is 112 Å². The summed E-state index contributed by atoms with van der Waals surface area (Å²) < 4.78 is 0. The molecule has 0 aliphatic rings. The van der Waals surface area contributed by atoms with Gasteiger partial charge in [-0.05, 0) is 12.1 Å². The molecule has 0 saturated heterocycles. The highest BCUT2D eigenvalue weighted by Gasteiger charge is 2.05. The van der Waals surface area contributed by atoms with Gasteiger partial charge in [-0.1, -0.05) is 24.3 Å². The zero-order valence-corrected chi connectivity index (χ0v) is 10.7. The van der Waals surface area contributed by atoms with Crippen molar-refractivity contribution in [2.45, 2.75) is 6.42 Å². The standard InChI is InChI=1S/C15H17N3O/c1-2-9-16-11-8-14(19)18-13-7-3-5-12-6-4-10-17-15(12)13/h2-7,10,16H,1,8-9,11H2,(H,18,19). The Hall–Kier alpha value is -2.20. The first-order valence-electron chi connectivity index (χ1n) is 6.26. The molecule has 0 saturated carbocycles. The zero-order chi connectivity index (χ0) is 13.5. The number of carbonyl (C=O) groups excluding carboxylic acids is 1. The summed E-state index contributed by atoms with van der Waals surface area (Å²) in [5, 5.41) is 7.01. The molecule has 1 aromatic heterocycles. The van der Waals surface area contributed by atoms with Crippen molar-refractivity contribution in [1.29, 1.82) is 0 Å². The third-order valence-corrected chi connectivity index (χ3v) is 2.72. The zero-order valence-electron chi connectivity index (χ0n) is 10.7. The van der Waals surface area contributed by atoms with Crippen molar-refractivity contribution in [2.75, 3.05) is 18.4 Å². The third-order valence-electron chi connectivity index (χ3n) is 2.72. The van der Waals surface area contributed by atoms with Crippen LogP contribution in [0.3, 0.4) is 0 Å². The van der Waals surface area contributed by atoms with E-state index in [4.69, 9.17) is 0 Å². The minimum atomic E-state index is -0.0188. The van der Waals surface area contributed by atoms with E-state index in [9.17, 15) is 4.79 Å². The van der Waals surface area contributed by atoms with Crippen LogP contribution in [0.5, 0.6) is 0 Å². The van der Waals surface area contributed by atoms with Gasteiger partial charge >= 0.3 is 0 Å². The number of rotatable bonds is 6. The molecule has 0 bridgehead atoms. The van der Waals surface area contributed by atoms with Gasteiger partial charge in [0.25, 0.3) is 0 Å². The fourth-order valence-electron chi connectivity index (χ4n) is 1.82. The number of aromatic nitrogens is 1. The Morgan fingerprint density at radius 3 is 3.00 bits per heavy atom. The monoisotopic (exact) mass is 255 g/mol. The third kappa shape index (κ3) is 3.63. The van der Waals surface area contributed by atoms with Gasteiger partial charge in [-0.25, -0.2) is 0 Å². The van der Waals surface area contributed by atoms with Crippen LogP contribution in [0.1, 0.15) is 6.42 Å². The van der Waals surface area contributed by atoms with Crippen LogP contribution in [0.25, 0.3) is 10.9 Å². The number of benzene rings is 1. The number of hydrogen-bond donors (Lipinski definition) is 2. The molecule has 0 aliphatic heterocycles. The van der Waals surface area contributed by atoms with Crippen molar-refractivity contribution < 1.29 is 4.79 Å². The highest BCUT2D eigenvalue weighted by atomic mass is 16.1. The highest BCUT2D eigenvalue weighted by Crippen LogP contribution is 2.20. The van der Waals surface area contributed by atoms with E-state index >= 15 is 0 Å². The number of carbonyl (C=O) groups is 1. The molecule has 1 amide bonds. The van der Waals surface area contributed by atoms with Crippen LogP contribution in [0.4, 0.5) is 5.69 Å². The second-order valence-electron chi connectivity index (χ2n) is 4.17. The maximum Gasteiger partial charge on any atom is 0.225 e. The van der Waals surface area contributed by atoms with Crippen LogP contribution in [0, 0.1) is 0 Å². The number of amides is 1. The van der Waals surface area contributed by atoms with Gasteiger partial charge in [0.05, 0.1) is 11.2 Å². The van der Waals surface area contributed by atoms with Gasteiger partial charge < -0.3 is 10.6 Å². The van der Waals surface area contributed by atoms with Crippen LogP contribution >= 0.6 is 0 Å². The maximum absolute atomic E-state index is 11.8. The van der Waals surface area contributed by atoms with Gasteiger partial charge in [0.15, 0.2) is 0 Å². The molecule has 4 nitrogen and oxygen atoms in total. The number of nitrogens with one attached hydrogen (secondary N) is 2. The van der Waals surface area contributed by atoms with Crippen LogP contribution in [0.2, 0.25) is 0 Å². The first kappa shape index (κ1) is 13.2. The lowest BCUT2D eigenvalue weighted by Crippen LogP contribution is -2.21. The minimum Gasteiger partial charge on any atom is -0.324 e. The lowest BCUT2D eigenvalue weighted by atomic mass is 10.2. The molecule has 0 fully saturated rings. The topological polar surface area (TPSA) is 54.0 Å². The Kier molecular flexibility index (Phi) is 4.64. The second-order valence-corrected chi connectivity index (χ2v) is 4.17. The van der Waals surface area contributed by atoms with Crippen molar-refractivity contribution >= 4 is 22.5 Å². The summed E-state index contributed by atoms with van der Waals surface area (Å²) in [5.41, 5.74) is 1.57. The molecule has 1 heterocycles. The van der Waals surface area contributed by atoms with Crippen LogP contribution in [-0.4, -0.2) is 24.0 Å². The van der Waals surface area contributed by atoms with E-state index in [-0.39, 0.29) is 5.91 Å². The largest absolute Gasteiger partial charge is 0.324 e. The van der Waals surface area contributed by atoms with Gasteiger partial charge in [0.1, 0.15) is 0 Å². The Morgan fingerprint density at radius 1 is 1.32 bits per heavy atom. The molecule has 2 N–H and O–H groups in total. The Balaban J connectivity index is 2.01. The highest BCUT2D eigenvalue weighted by molar-refractivity contribution is 6.00. The summed E-state index contributed by atoms with van der Waals surface area (Å²) in [4.78, 5) is 16.1. The van der Waals surface area contributed by atoms with Gasteiger partial charge in [-0.2, -0.15) is 0 Å². The lowest BCUT2D eigenvalue weighted by Gasteiger charge is -2.08. The number of hydrogen-bond acceptors (Lipinski definition) is 3.